The highest BCUT2D eigenvalue weighted by Gasteiger charge is 2.27. The zero-order chi connectivity index (χ0) is 14.1. The molecule has 20 heavy (non-hydrogen) atoms. The summed E-state index contributed by atoms with van der Waals surface area (Å²) in [4.78, 5) is 13.8. The Balaban J connectivity index is 1.79. The number of hydrogen-bond donors (Lipinski definition) is 0. The van der Waals surface area contributed by atoms with E-state index in [1.807, 2.05) is 0 Å². The number of ether oxygens (including phenoxy) is 1. The Morgan fingerprint density at radius 1 is 1.50 bits per heavy atom. The molecule has 0 bridgehead atoms. The van der Waals surface area contributed by atoms with Gasteiger partial charge in [-0.05, 0) is 44.0 Å². The first-order valence-corrected chi connectivity index (χ1v) is 8.10. The number of halogens is 1. The van der Waals surface area contributed by atoms with Gasteiger partial charge in [0.05, 0.1) is 6.61 Å². The molecule has 2 aliphatic heterocycles. The van der Waals surface area contributed by atoms with Crippen LogP contribution in [0.15, 0.2) is 16.6 Å². The van der Waals surface area contributed by atoms with Crippen LogP contribution < -0.4 is 4.74 Å². The quantitative estimate of drug-likeness (QED) is 0.843. The second-order valence-corrected chi connectivity index (χ2v) is 6.74. The van der Waals surface area contributed by atoms with Crippen molar-refractivity contribution in [2.24, 2.45) is 0 Å². The molecule has 1 aromatic carbocycles. The third-order valence-corrected chi connectivity index (χ3v) is 4.68. The van der Waals surface area contributed by atoms with E-state index in [9.17, 15) is 4.79 Å². The molecule has 0 radical (unpaired) electrons. The molecule has 0 N–H and O–H groups in total. The lowest BCUT2D eigenvalue weighted by Crippen LogP contribution is -2.30. The van der Waals surface area contributed by atoms with E-state index in [4.69, 9.17) is 4.74 Å². The Morgan fingerprint density at radius 3 is 3.15 bits per heavy atom. The van der Waals surface area contributed by atoms with E-state index in [0.29, 0.717) is 12.5 Å². The molecule has 0 amide bonds. The monoisotopic (exact) mass is 337 g/mol. The Labute approximate surface area is 128 Å². The molecular formula is C16H20BrNO2. The van der Waals surface area contributed by atoms with Gasteiger partial charge in [-0.1, -0.05) is 15.9 Å². The maximum atomic E-state index is 11.4. The van der Waals surface area contributed by atoms with E-state index in [1.165, 1.54) is 17.5 Å². The SMILES string of the molecule is CC(=O)CC1CCCN1Cc1cc(Br)cc2c1OCC2. The highest BCUT2D eigenvalue weighted by molar-refractivity contribution is 9.10. The lowest BCUT2D eigenvalue weighted by atomic mass is 10.1. The second kappa shape index (κ2) is 5.86. The zero-order valence-corrected chi connectivity index (χ0v) is 13.4. The van der Waals surface area contributed by atoms with Gasteiger partial charge in [-0.15, -0.1) is 0 Å². The Kier molecular flexibility index (Phi) is 4.13. The van der Waals surface area contributed by atoms with Crippen LogP contribution in [0.4, 0.5) is 0 Å². The summed E-state index contributed by atoms with van der Waals surface area (Å²) in [5.74, 6) is 1.36. The molecule has 1 aromatic rings. The predicted molar refractivity (Wildman–Crippen MR) is 82.1 cm³/mol. The van der Waals surface area contributed by atoms with Crippen LogP contribution in [0.1, 0.15) is 37.3 Å². The minimum Gasteiger partial charge on any atom is -0.493 e. The van der Waals surface area contributed by atoms with E-state index in [-0.39, 0.29) is 5.78 Å². The van der Waals surface area contributed by atoms with Crippen molar-refractivity contribution in [3.63, 3.8) is 0 Å². The molecule has 3 nitrogen and oxygen atoms in total. The van der Waals surface area contributed by atoms with Gasteiger partial charge in [-0.2, -0.15) is 0 Å². The van der Waals surface area contributed by atoms with Crippen molar-refractivity contribution in [3.05, 3.63) is 27.7 Å². The van der Waals surface area contributed by atoms with E-state index in [1.54, 1.807) is 6.92 Å². The van der Waals surface area contributed by atoms with Crippen LogP contribution in [0, 0.1) is 0 Å². The van der Waals surface area contributed by atoms with Crippen molar-refractivity contribution >= 4 is 21.7 Å². The number of carbonyl (C=O) groups excluding carboxylic acids is 1. The van der Waals surface area contributed by atoms with Crippen molar-refractivity contribution in [2.75, 3.05) is 13.2 Å². The van der Waals surface area contributed by atoms with Crippen molar-refractivity contribution in [2.45, 2.75) is 45.2 Å². The lowest BCUT2D eigenvalue weighted by Gasteiger charge is -2.24. The van der Waals surface area contributed by atoms with Crippen LogP contribution in [0.5, 0.6) is 5.75 Å². The molecule has 1 atom stereocenters. The Hall–Kier alpha value is -0.870. The molecule has 2 heterocycles. The standard InChI is InChI=1S/C16H20BrNO2/c1-11(19)7-15-3-2-5-18(15)10-13-9-14(17)8-12-4-6-20-16(12)13/h8-9,15H,2-7,10H2,1H3. The predicted octanol–water partition coefficient (Wildman–Crippen LogP) is 3.33. The van der Waals surface area contributed by atoms with Crippen LogP contribution in [0.3, 0.4) is 0 Å². The summed E-state index contributed by atoms with van der Waals surface area (Å²) >= 11 is 3.59. The number of rotatable bonds is 4. The third kappa shape index (κ3) is 2.91. The van der Waals surface area contributed by atoms with Crippen LogP contribution in [0.2, 0.25) is 0 Å². The summed E-state index contributed by atoms with van der Waals surface area (Å²) in [5.41, 5.74) is 2.55. The largest absolute Gasteiger partial charge is 0.493 e. The molecule has 0 saturated carbocycles. The van der Waals surface area contributed by atoms with E-state index >= 15 is 0 Å². The van der Waals surface area contributed by atoms with Crippen LogP contribution in [0.25, 0.3) is 0 Å². The summed E-state index contributed by atoms with van der Waals surface area (Å²) < 4.78 is 6.92. The highest BCUT2D eigenvalue weighted by Crippen LogP contribution is 2.35. The Bertz CT molecular complexity index is 529. The van der Waals surface area contributed by atoms with Crippen molar-refractivity contribution < 1.29 is 9.53 Å². The van der Waals surface area contributed by atoms with E-state index < -0.39 is 0 Å². The van der Waals surface area contributed by atoms with Crippen LogP contribution in [-0.4, -0.2) is 29.9 Å². The Morgan fingerprint density at radius 2 is 2.35 bits per heavy atom. The number of hydrogen-bond acceptors (Lipinski definition) is 3. The van der Waals surface area contributed by atoms with Gasteiger partial charge in [0.25, 0.3) is 0 Å². The number of likely N-dealkylation sites (tertiary alicyclic amines) is 1. The van der Waals surface area contributed by atoms with Gasteiger partial charge >= 0.3 is 0 Å². The average molecular weight is 338 g/mol. The highest BCUT2D eigenvalue weighted by atomic mass is 79.9. The summed E-state index contributed by atoms with van der Waals surface area (Å²) in [6, 6.07) is 4.72. The smallest absolute Gasteiger partial charge is 0.131 e. The molecule has 108 valence electrons. The van der Waals surface area contributed by atoms with E-state index in [2.05, 4.69) is 33.0 Å². The second-order valence-electron chi connectivity index (χ2n) is 5.82. The van der Waals surface area contributed by atoms with Crippen LogP contribution in [-0.2, 0) is 17.8 Å². The maximum absolute atomic E-state index is 11.4. The minimum atomic E-state index is 0.289. The molecule has 0 aromatic heterocycles. The van der Waals surface area contributed by atoms with Crippen molar-refractivity contribution in [1.29, 1.82) is 0 Å². The maximum Gasteiger partial charge on any atom is 0.131 e. The molecule has 2 aliphatic rings. The molecule has 0 spiro atoms. The number of Topliss-reactive ketones (excluding diaryl/α,β-unsaturated/α-hetero) is 1. The summed E-state index contributed by atoms with van der Waals surface area (Å²) in [6.45, 7) is 4.45. The molecule has 1 fully saturated rings. The number of nitrogens with zero attached hydrogens (tertiary/aromatic N) is 1. The zero-order valence-electron chi connectivity index (χ0n) is 11.8. The normalized spacial score (nSPS) is 21.8. The van der Waals surface area contributed by atoms with Crippen molar-refractivity contribution in [3.8, 4) is 5.75 Å². The van der Waals surface area contributed by atoms with Gasteiger partial charge < -0.3 is 4.74 Å². The van der Waals surface area contributed by atoms with Gasteiger partial charge in [0, 0.05) is 35.5 Å². The first-order chi connectivity index (χ1) is 9.63. The number of benzene rings is 1. The van der Waals surface area contributed by atoms with Gasteiger partial charge in [0.1, 0.15) is 11.5 Å². The van der Waals surface area contributed by atoms with Gasteiger partial charge in [0.15, 0.2) is 0 Å². The van der Waals surface area contributed by atoms with Gasteiger partial charge in [-0.25, -0.2) is 0 Å². The first-order valence-electron chi connectivity index (χ1n) is 7.31. The summed E-state index contributed by atoms with van der Waals surface area (Å²) in [6.07, 6.45) is 4.00. The first kappa shape index (κ1) is 14.1. The molecule has 4 heteroatoms. The lowest BCUT2D eigenvalue weighted by molar-refractivity contribution is -0.118. The molecule has 1 saturated heterocycles. The molecule has 0 aliphatic carbocycles. The summed E-state index contributed by atoms with van der Waals surface area (Å²) in [7, 11) is 0. The third-order valence-electron chi connectivity index (χ3n) is 4.22. The van der Waals surface area contributed by atoms with Crippen molar-refractivity contribution in [1.82, 2.24) is 4.90 Å². The number of carbonyl (C=O) groups is 1. The molecule has 1 unspecified atom stereocenters. The van der Waals surface area contributed by atoms with Gasteiger partial charge in [0.2, 0.25) is 0 Å². The fourth-order valence-corrected chi connectivity index (χ4v) is 3.90. The average Bonchev–Trinajstić information content (AvgIpc) is 2.98. The molecular weight excluding hydrogens is 318 g/mol. The van der Waals surface area contributed by atoms with E-state index in [0.717, 1.165) is 42.8 Å². The van der Waals surface area contributed by atoms with Crippen LogP contribution >= 0.6 is 15.9 Å². The molecule has 3 rings (SSSR count). The minimum absolute atomic E-state index is 0.289. The summed E-state index contributed by atoms with van der Waals surface area (Å²) in [5, 5.41) is 0. The number of fused-ring (bicyclic) bond motifs is 1. The van der Waals surface area contributed by atoms with Gasteiger partial charge in [-0.3, -0.25) is 9.69 Å². The fraction of sp³-hybridized carbons (Fsp3) is 0.562. The number of ketones is 1. The topological polar surface area (TPSA) is 29.5 Å². The fourth-order valence-electron chi connectivity index (χ4n) is 3.35.